The summed E-state index contributed by atoms with van der Waals surface area (Å²) in [6.07, 6.45) is 1.71. The Morgan fingerprint density at radius 1 is 0.966 bits per heavy atom. The van der Waals surface area contributed by atoms with Crippen LogP contribution in [0.4, 0.5) is 5.69 Å². The number of carbonyl (C=O) groups is 1. The maximum Gasteiger partial charge on any atom is 0.236 e. The second-order valence-electron chi connectivity index (χ2n) is 6.85. The van der Waals surface area contributed by atoms with Gasteiger partial charge in [-0.25, -0.2) is 0 Å². The molecule has 5 heteroatoms. The number of rotatable bonds is 3. The van der Waals surface area contributed by atoms with Crippen molar-refractivity contribution in [3.8, 4) is 17.2 Å². The molecule has 29 heavy (non-hydrogen) atoms. The van der Waals surface area contributed by atoms with Crippen molar-refractivity contribution >= 4 is 22.5 Å². The summed E-state index contributed by atoms with van der Waals surface area (Å²) < 4.78 is 11.4. The van der Waals surface area contributed by atoms with E-state index in [4.69, 9.17) is 9.47 Å². The third-order valence-corrected chi connectivity index (χ3v) is 5.11. The molecule has 0 radical (unpaired) electrons. The molecule has 0 atom stereocenters. The van der Waals surface area contributed by atoms with Crippen molar-refractivity contribution < 1.29 is 14.3 Å². The van der Waals surface area contributed by atoms with E-state index in [-0.39, 0.29) is 5.91 Å². The highest BCUT2D eigenvalue weighted by molar-refractivity contribution is 6.05. The average Bonchev–Trinajstić information content (AvgIpc) is 2.77. The van der Waals surface area contributed by atoms with E-state index in [1.54, 1.807) is 19.4 Å². The Bertz CT molecular complexity index is 1190. The lowest BCUT2D eigenvalue weighted by Gasteiger charge is -2.27. The van der Waals surface area contributed by atoms with Gasteiger partial charge in [-0.15, -0.1) is 0 Å². The summed E-state index contributed by atoms with van der Waals surface area (Å²) in [5.74, 6) is 1.42. The number of para-hydroxylation sites is 2. The van der Waals surface area contributed by atoms with Gasteiger partial charge in [0.1, 0.15) is 17.2 Å². The summed E-state index contributed by atoms with van der Waals surface area (Å²) in [5.41, 5.74) is 3.01. The lowest BCUT2D eigenvalue weighted by molar-refractivity contribution is -0.116. The number of anilines is 1. The van der Waals surface area contributed by atoms with Crippen LogP contribution in [0.3, 0.4) is 0 Å². The Kier molecular flexibility index (Phi) is 4.13. The van der Waals surface area contributed by atoms with Gasteiger partial charge in [-0.05, 0) is 24.3 Å². The van der Waals surface area contributed by atoms with Gasteiger partial charge in [0.25, 0.3) is 0 Å². The summed E-state index contributed by atoms with van der Waals surface area (Å²) in [4.78, 5) is 17.9. The fourth-order valence-electron chi connectivity index (χ4n) is 3.78. The monoisotopic (exact) mass is 382 g/mol. The zero-order chi connectivity index (χ0) is 19.8. The number of carbonyl (C=O) groups excluding carboxylic acids is 1. The lowest BCUT2D eigenvalue weighted by Crippen LogP contribution is -2.25. The first-order valence-electron chi connectivity index (χ1n) is 9.34. The standard InChI is InChI=1S/C24H18N2O3/c1-28-16-13-15-7-6-12-25-23(15)19(14-16)26-24(27)22-17-8-2-4-10-20(17)29-21-11-5-3-9-18(21)22/h2-14,22H,1H3,(H,26,27). The largest absolute Gasteiger partial charge is 0.497 e. The van der Waals surface area contributed by atoms with Gasteiger partial charge in [0.05, 0.1) is 24.2 Å². The van der Waals surface area contributed by atoms with Crippen molar-refractivity contribution in [3.05, 3.63) is 90.1 Å². The number of aromatic nitrogens is 1. The van der Waals surface area contributed by atoms with E-state index in [0.717, 1.165) is 22.0 Å². The highest BCUT2D eigenvalue weighted by Crippen LogP contribution is 2.44. The molecule has 1 aliphatic rings. The van der Waals surface area contributed by atoms with Crippen LogP contribution in [0.25, 0.3) is 10.9 Å². The molecule has 0 saturated carbocycles. The van der Waals surface area contributed by atoms with Gasteiger partial charge in [0.2, 0.25) is 5.91 Å². The predicted molar refractivity (Wildman–Crippen MR) is 112 cm³/mol. The number of amides is 1. The van der Waals surface area contributed by atoms with Gasteiger partial charge < -0.3 is 14.8 Å². The smallest absolute Gasteiger partial charge is 0.236 e. The maximum absolute atomic E-state index is 13.5. The van der Waals surface area contributed by atoms with Crippen LogP contribution < -0.4 is 14.8 Å². The van der Waals surface area contributed by atoms with Crippen LogP contribution in [0.15, 0.2) is 79.0 Å². The molecular weight excluding hydrogens is 364 g/mol. The quantitative estimate of drug-likeness (QED) is 0.534. The molecule has 4 aromatic rings. The molecule has 5 nitrogen and oxygen atoms in total. The number of methoxy groups -OCH3 is 1. The zero-order valence-corrected chi connectivity index (χ0v) is 15.8. The van der Waals surface area contributed by atoms with Gasteiger partial charge >= 0.3 is 0 Å². The molecule has 1 N–H and O–H groups in total. The molecule has 1 aliphatic heterocycles. The fraction of sp³-hybridized carbons (Fsp3) is 0.0833. The normalized spacial score (nSPS) is 12.6. The number of fused-ring (bicyclic) bond motifs is 3. The Hall–Kier alpha value is -3.86. The minimum Gasteiger partial charge on any atom is -0.497 e. The lowest BCUT2D eigenvalue weighted by atomic mass is 9.87. The molecule has 0 unspecified atom stereocenters. The second kappa shape index (κ2) is 6.95. The van der Waals surface area contributed by atoms with Crippen molar-refractivity contribution in [1.29, 1.82) is 0 Å². The summed E-state index contributed by atoms with van der Waals surface area (Å²) in [7, 11) is 1.61. The summed E-state index contributed by atoms with van der Waals surface area (Å²) >= 11 is 0. The first-order chi connectivity index (χ1) is 14.2. The number of hydrogen-bond donors (Lipinski definition) is 1. The highest BCUT2D eigenvalue weighted by Gasteiger charge is 2.32. The zero-order valence-electron chi connectivity index (χ0n) is 15.8. The summed E-state index contributed by atoms with van der Waals surface area (Å²) in [6, 6.07) is 22.8. The number of nitrogens with one attached hydrogen (secondary N) is 1. The van der Waals surface area contributed by atoms with Crippen LogP contribution in [-0.4, -0.2) is 18.0 Å². The summed E-state index contributed by atoms with van der Waals surface area (Å²) in [6.45, 7) is 0. The third-order valence-electron chi connectivity index (χ3n) is 5.11. The van der Waals surface area contributed by atoms with Crippen molar-refractivity contribution in [3.63, 3.8) is 0 Å². The highest BCUT2D eigenvalue weighted by atomic mass is 16.5. The van der Waals surface area contributed by atoms with E-state index in [2.05, 4.69) is 10.3 Å². The maximum atomic E-state index is 13.5. The molecule has 0 fully saturated rings. The first kappa shape index (κ1) is 17.3. The molecular formula is C24H18N2O3. The SMILES string of the molecule is COc1cc(NC(=O)C2c3ccccc3Oc3ccccc32)c2ncccc2c1. The summed E-state index contributed by atoms with van der Waals surface area (Å²) in [5, 5.41) is 3.97. The van der Waals surface area contributed by atoms with Gasteiger partial charge in [-0.3, -0.25) is 9.78 Å². The van der Waals surface area contributed by atoms with E-state index in [1.807, 2.05) is 66.7 Å². The average molecular weight is 382 g/mol. The second-order valence-corrected chi connectivity index (χ2v) is 6.85. The predicted octanol–water partition coefficient (Wildman–Crippen LogP) is 5.12. The van der Waals surface area contributed by atoms with E-state index in [0.29, 0.717) is 22.9 Å². The Morgan fingerprint density at radius 3 is 2.34 bits per heavy atom. The first-order valence-corrected chi connectivity index (χ1v) is 9.34. The molecule has 0 bridgehead atoms. The molecule has 1 amide bonds. The van der Waals surface area contributed by atoms with Gasteiger partial charge in [-0.2, -0.15) is 0 Å². The molecule has 142 valence electrons. The third kappa shape index (κ3) is 2.97. The van der Waals surface area contributed by atoms with Crippen LogP contribution >= 0.6 is 0 Å². The number of benzene rings is 3. The van der Waals surface area contributed by atoms with E-state index in [1.165, 1.54) is 0 Å². The Balaban J connectivity index is 1.60. The molecule has 3 aromatic carbocycles. The van der Waals surface area contributed by atoms with Gasteiger partial charge in [-0.1, -0.05) is 42.5 Å². The molecule has 1 aromatic heterocycles. The van der Waals surface area contributed by atoms with Crippen molar-refractivity contribution in [2.75, 3.05) is 12.4 Å². The van der Waals surface area contributed by atoms with Crippen LogP contribution in [-0.2, 0) is 4.79 Å². The van der Waals surface area contributed by atoms with Crippen LogP contribution in [0, 0.1) is 0 Å². The Morgan fingerprint density at radius 2 is 1.66 bits per heavy atom. The number of ether oxygens (including phenoxy) is 2. The number of pyridine rings is 1. The van der Waals surface area contributed by atoms with Crippen molar-refractivity contribution in [1.82, 2.24) is 4.98 Å². The van der Waals surface area contributed by atoms with Gasteiger partial charge in [0, 0.05) is 28.8 Å². The minimum atomic E-state index is -0.485. The fourth-order valence-corrected chi connectivity index (χ4v) is 3.78. The van der Waals surface area contributed by atoms with Crippen molar-refractivity contribution in [2.24, 2.45) is 0 Å². The number of nitrogens with zero attached hydrogens (tertiary/aromatic N) is 1. The van der Waals surface area contributed by atoms with Crippen LogP contribution in [0.2, 0.25) is 0 Å². The minimum absolute atomic E-state index is 0.145. The topological polar surface area (TPSA) is 60.5 Å². The Labute approximate surface area is 167 Å². The van der Waals surface area contributed by atoms with Crippen LogP contribution in [0.1, 0.15) is 17.0 Å². The van der Waals surface area contributed by atoms with E-state index in [9.17, 15) is 4.79 Å². The molecule has 5 rings (SSSR count). The van der Waals surface area contributed by atoms with Crippen molar-refractivity contribution in [2.45, 2.75) is 5.92 Å². The molecule has 0 aliphatic carbocycles. The molecule has 2 heterocycles. The number of hydrogen-bond acceptors (Lipinski definition) is 4. The van der Waals surface area contributed by atoms with Gasteiger partial charge in [0.15, 0.2) is 0 Å². The van der Waals surface area contributed by atoms with E-state index < -0.39 is 5.92 Å². The van der Waals surface area contributed by atoms with E-state index >= 15 is 0 Å². The molecule has 0 spiro atoms. The molecule has 0 saturated heterocycles. The van der Waals surface area contributed by atoms with Crippen LogP contribution in [0.5, 0.6) is 17.2 Å².